The fraction of sp³-hybridized carbons (Fsp3) is 0.312. The van der Waals surface area contributed by atoms with E-state index in [2.05, 4.69) is 15.3 Å². The van der Waals surface area contributed by atoms with Gasteiger partial charge in [-0.2, -0.15) is 0 Å². The lowest BCUT2D eigenvalue weighted by molar-refractivity contribution is 0.0953. The third-order valence-electron chi connectivity index (χ3n) is 3.59. The summed E-state index contributed by atoms with van der Waals surface area (Å²) in [5.41, 5.74) is 2.25. The molecule has 1 heterocycles. The van der Waals surface area contributed by atoms with Gasteiger partial charge in [0.05, 0.1) is 11.1 Å². The van der Waals surface area contributed by atoms with Crippen molar-refractivity contribution in [2.75, 3.05) is 5.32 Å². The van der Waals surface area contributed by atoms with Crippen LogP contribution in [-0.2, 0) is 5.54 Å². The van der Waals surface area contributed by atoms with Crippen LogP contribution >= 0.6 is 11.6 Å². The molecule has 1 aliphatic rings. The number of hydrazine groups is 1. The first kappa shape index (κ1) is 18.1. The highest BCUT2D eigenvalue weighted by Crippen LogP contribution is 2.48. The molecule has 1 aromatic heterocycles. The van der Waals surface area contributed by atoms with Crippen molar-refractivity contribution in [2.24, 2.45) is 5.84 Å². The van der Waals surface area contributed by atoms with Gasteiger partial charge >= 0.3 is 0 Å². The molecule has 0 unspecified atom stereocenters. The van der Waals surface area contributed by atoms with Crippen LogP contribution in [0.25, 0.3) is 0 Å². The number of nitrogens with zero attached hydrogens (tertiary/aromatic N) is 2. The second-order valence-electron chi connectivity index (χ2n) is 5.10. The molecular weight excluding hydrogens is 333 g/mol. The molecule has 24 heavy (non-hydrogen) atoms. The van der Waals surface area contributed by atoms with Gasteiger partial charge in [-0.15, -0.1) is 0 Å². The average Bonchev–Trinajstić information content (AvgIpc) is 3.37. The number of carbonyl (C=O) groups is 1. The highest BCUT2D eigenvalue weighted by molar-refractivity contribution is 6.30. The number of nitrogens with one attached hydrogen (secondary N) is 2. The molecule has 0 spiro atoms. The molecule has 6 nitrogen and oxygen atoms in total. The number of nitrogen functional groups attached to an aromatic ring is 1. The van der Waals surface area contributed by atoms with Crippen LogP contribution < -0.4 is 16.6 Å². The number of aromatic nitrogens is 2. The quantitative estimate of drug-likeness (QED) is 0.447. The van der Waals surface area contributed by atoms with E-state index in [0.717, 1.165) is 12.8 Å². The van der Waals surface area contributed by atoms with Gasteiger partial charge in [-0.25, -0.2) is 20.2 Å². The Hall–Kier alpha value is -2.25. The predicted molar refractivity (Wildman–Crippen MR) is 91.0 cm³/mol. The molecule has 1 amide bonds. The minimum absolute atomic E-state index is 0.246. The van der Waals surface area contributed by atoms with Gasteiger partial charge in [-0.3, -0.25) is 10.2 Å². The van der Waals surface area contributed by atoms with Crippen molar-refractivity contribution in [3.8, 4) is 0 Å². The minimum atomic E-state index is -0.522. The Morgan fingerprint density at radius 3 is 2.42 bits per heavy atom. The molecule has 1 aromatic carbocycles. The number of halogens is 2. The molecule has 8 heteroatoms. The Kier molecular flexibility index (Phi) is 5.69. The lowest BCUT2D eigenvalue weighted by Gasteiger charge is -2.18. The zero-order valence-electron chi connectivity index (χ0n) is 13.4. The SMILES string of the molecule is CC.NNC(=O)c1cnc(NC2(c3ccc(Cl)cc3F)CC2)nc1. The molecule has 0 bridgehead atoms. The zero-order chi connectivity index (χ0) is 17.7. The normalized spacial score (nSPS) is 14.2. The van der Waals surface area contributed by atoms with Crippen LogP contribution in [0.4, 0.5) is 10.3 Å². The van der Waals surface area contributed by atoms with E-state index in [0.29, 0.717) is 16.5 Å². The molecule has 1 aliphatic carbocycles. The largest absolute Gasteiger partial charge is 0.345 e. The van der Waals surface area contributed by atoms with Crippen molar-refractivity contribution < 1.29 is 9.18 Å². The number of hydrogen-bond donors (Lipinski definition) is 3. The molecule has 1 fully saturated rings. The summed E-state index contributed by atoms with van der Waals surface area (Å²) in [5.74, 6) is 4.52. The Bertz CT molecular complexity index is 719. The number of nitrogens with two attached hydrogens (primary N) is 1. The van der Waals surface area contributed by atoms with Crippen molar-refractivity contribution >= 4 is 23.5 Å². The fourth-order valence-electron chi connectivity index (χ4n) is 2.27. The number of hydrogen-bond acceptors (Lipinski definition) is 5. The second-order valence-corrected chi connectivity index (χ2v) is 5.54. The summed E-state index contributed by atoms with van der Waals surface area (Å²) in [6, 6.07) is 4.60. The highest BCUT2D eigenvalue weighted by Gasteiger charge is 2.46. The molecule has 3 rings (SSSR count). The second kappa shape index (κ2) is 7.55. The maximum atomic E-state index is 14.1. The number of anilines is 1. The summed E-state index contributed by atoms with van der Waals surface area (Å²) in [6.07, 6.45) is 4.23. The Morgan fingerprint density at radius 1 is 1.29 bits per heavy atom. The number of benzene rings is 1. The van der Waals surface area contributed by atoms with Crippen molar-refractivity contribution in [1.82, 2.24) is 15.4 Å². The highest BCUT2D eigenvalue weighted by atomic mass is 35.5. The molecular formula is C16H19ClFN5O. The van der Waals surface area contributed by atoms with E-state index in [4.69, 9.17) is 17.4 Å². The summed E-state index contributed by atoms with van der Waals surface area (Å²) >= 11 is 5.78. The topological polar surface area (TPSA) is 92.9 Å². The van der Waals surface area contributed by atoms with Crippen molar-refractivity contribution in [1.29, 1.82) is 0 Å². The first-order valence-electron chi connectivity index (χ1n) is 7.61. The van der Waals surface area contributed by atoms with E-state index < -0.39 is 11.4 Å². The summed E-state index contributed by atoms with van der Waals surface area (Å²) in [4.78, 5) is 19.4. The molecule has 1 saturated carbocycles. The molecule has 0 saturated heterocycles. The summed E-state index contributed by atoms with van der Waals surface area (Å²) in [6.45, 7) is 4.00. The van der Waals surface area contributed by atoms with Gasteiger partial charge in [0.15, 0.2) is 0 Å². The minimum Gasteiger partial charge on any atom is -0.345 e. The van der Waals surface area contributed by atoms with Gasteiger partial charge in [0.25, 0.3) is 5.91 Å². The van der Waals surface area contributed by atoms with E-state index in [1.165, 1.54) is 18.5 Å². The van der Waals surface area contributed by atoms with Crippen LogP contribution in [0.3, 0.4) is 0 Å². The van der Waals surface area contributed by atoms with Gasteiger partial charge < -0.3 is 5.32 Å². The van der Waals surface area contributed by atoms with E-state index >= 15 is 0 Å². The number of rotatable bonds is 4. The van der Waals surface area contributed by atoms with Gasteiger partial charge in [0, 0.05) is 23.0 Å². The Labute approximate surface area is 144 Å². The summed E-state index contributed by atoms with van der Waals surface area (Å²) < 4.78 is 14.1. The van der Waals surface area contributed by atoms with Crippen LogP contribution in [0.5, 0.6) is 0 Å². The van der Waals surface area contributed by atoms with Gasteiger partial charge in [-0.1, -0.05) is 31.5 Å². The molecule has 128 valence electrons. The van der Waals surface area contributed by atoms with Gasteiger partial charge in [-0.05, 0) is 25.0 Å². The van der Waals surface area contributed by atoms with E-state index in [1.807, 2.05) is 19.3 Å². The van der Waals surface area contributed by atoms with Crippen LogP contribution in [0.2, 0.25) is 5.02 Å². The molecule has 0 atom stereocenters. The zero-order valence-corrected chi connectivity index (χ0v) is 14.2. The smallest absolute Gasteiger partial charge is 0.268 e. The fourth-order valence-corrected chi connectivity index (χ4v) is 2.43. The van der Waals surface area contributed by atoms with Crippen LogP contribution in [0.15, 0.2) is 30.6 Å². The third kappa shape index (κ3) is 3.80. The molecule has 2 aromatic rings. The van der Waals surface area contributed by atoms with Crippen molar-refractivity contribution in [2.45, 2.75) is 32.2 Å². The Morgan fingerprint density at radius 2 is 1.92 bits per heavy atom. The van der Waals surface area contributed by atoms with Crippen molar-refractivity contribution in [3.63, 3.8) is 0 Å². The van der Waals surface area contributed by atoms with E-state index in [9.17, 15) is 9.18 Å². The van der Waals surface area contributed by atoms with Crippen LogP contribution in [0.1, 0.15) is 42.6 Å². The monoisotopic (exact) mass is 351 g/mol. The summed E-state index contributed by atoms with van der Waals surface area (Å²) in [7, 11) is 0. The Balaban J connectivity index is 0.00000100. The molecule has 4 N–H and O–H groups in total. The van der Waals surface area contributed by atoms with Gasteiger partial charge in [0.1, 0.15) is 5.82 Å². The van der Waals surface area contributed by atoms with Crippen molar-refractivity contribution in [3.05, 3.63) is 52.6 Å². The number of carbonyl (C=O) groups excluding carboxylic acids is 1. The molecule has 0 aliphatic heterocycles. The lowest BCUT2D eigenvalue weighted by Crippen LogP contribution is -2.30. The molecule has 0 radical (unpaired) electrons. The maximum Gasteiger partial charge on any atom is 0.268 e. The van der Waals surface area contributed by atoms with E-state index in [-0.39, 0.29) is 11.4 Å². The van der Waals surface area contributed by atoms with E-state index in [1.54, 1.807) is 12.1 Å². The summed E-state index contributed by atoms with van der Waals surface area (Å²) in [5, 5.41) is 3.47. The first-order valence-corrected chi connectivity index (χ1v) is 7.98. The van der Waals surface area contributed by atoms with Crippen LogP contribution in [-0.4, -0.2) is 15.9 Å². The third-order valence-corrected chi connectivity index (χ3v) is 3.83. The number of amides is 1. The standard InChI is InChI=1S/C14H13ClFN5O.C2H6/c15-9-1-2-10(11(16)5-9)14(3-4-14)20-13-18-6-8(7-19-13)12(22)21-17;1-2/h1-2,5-7H,3-4,17H2,(H,21,22)(H,18,19,20);1-2H3. The maximum absolute atomic E-state index is 14.1. The predicted octanol–water partition coefficient (Wildman–Crippen LogP) is 3.00. The average molecular weight is 352 g/mol. The lowest BCUT2D eigenvalue weighted by atomic mass is 10.0. The van der Waals surface area contributed by atoms with Gasteiger partial charge in [0.2, 0.25) is 5.95 Å². The van der Waals surface area contributed by atoms with Crippen LogP contribution in [0, 0.1) is 5.82 Å². The first-order chi connectivity index (χ1) is 11.5.